The van der Waals surface area contributed by atoms with Crippen LogP contribution in [-0.4, -0.2) is 4.98 Å². The first-order valence-corrected chi connectivity index (χ1v) is 5.51. The fraction of sp³-hybridized carbons (Fsp3) is 0.357. The van der Waals surface area contributed by atoms with Crippen molar-refractivity contribution in [3.8, 4) is 0 Å². The maximum Gasteiger partial charge on any atom is 0.0705 e. The molecule has 0 aliphatic rings. The van der Waals surface area contributed by atoms with Crippen LogP contribution in [0.1, 0.15) is 30.7 Å². The molecule has 1 aromatic carbocycles. The van der Waals surface area contributed by atoms with Crippen molar-refractivity contribution in [1.82, 2.24) is 4.98 Å². The SMILES string of the molecule is CC.Cc1ccc2nc(C)c(C)cc2c1. The molecule has 2 aromatic rings. The Hall–Kier alpha value is -1.37. The molecule has 0 radical (unpaired) electrons. The van der Waals surface area contributed by atoms with E-state index in [2.05, 4.69) is 50.0 Å². The Kier molecular flexibility index (Phi) is 3.84. The van der Waals surface area contributed by atoms with Crippen molar-refractivity contribution in [2.24, 2.45) is 0 Å². The van der Waals surface area contributed by atoms with E-state index in [1.54, 1.807) is 0 Å². The summed E-state index contributed by atoms with van der Waals surface area (Å²) in [5, 5.41) is 1.24. The van der Waals surface area contributed by atoms with E-state index in [-0.39, 0.29) is 0 Å². The molecule has 0 saturated carbocycles. The van der Waals surface area contributed by atoms with E-state index in [0.29, 0.717) is 0 Å². The molecule has 0 aliphatic carbocycles. The third-order valence-electron chi connectivity index (χ3n) is 2.41. The lowest BCUT2D eigenvalue weighted by molar-refractivity contribution is 1.19. The number of pyridine rings is 1. The van der Waals surface area contributed by atoms with E-state index in [9.17, 15) is 0 Å². The van der Waals surface area contributed by atoms with Gasteiger partial charge in [0.25, 0.3) is 0 Å². The maximum atomic E-state index is 4.52. The second kappa shape index (κ2) is 4.92. The third-order valence-corrected chi connectivity index (χ3v) is 2.41. The Morgan fingerprint density at radius 3 is 2.27 bits per heavy atom. The van der Waals surface area contributed by atoms with Crippen molar-refractivity contribution in [1.29, 1.82) is 0 Å². The second-order valence-corrected chi connectivity index (χ2v) is 3.59. The Labute approximate surface area is 92.2 Å². The van der Waals surface area contributed by atoms with Crippen LogP contribution in [0.2, 0.25) is 0 Å². The number of aromatic nitrogens is 1. The van der Waals surface area contributed by atoms with Gasteiger partial charge in [0, 0.05) is 11.1 Å². The number of rotatable bonds is 0. The molecule has 1 nitrogen and oxygen atoms in total. The average molecular weight is 201 g/mol. The van der Waals surface area contributed by atoms with Crippen molar-refractivity contribution in [2.45, 2.75) is 34.6 Å². The molecule has 0 aliphatic heterocycles. The normalized spacial score (nSPS) is 9.67. The summed E-state index contributed by atoms with van der Waals surface area (Å²) in [6.45, 7) is 10.3. The third kappa shape index (κ3) is 2.56. The number of hydrogen-bond donors (Lipinski definition) is 0. The highest BCUT2D eigenvalue weighted by atomic mass is 14.7. The molecule has 0 N–H and O–H groups in total. The molecule has 80 valence electrons. The number of nitrogens with zero attached hydrogens (tertiary/aromatic N) is 1. The molecular weight excluding hydrogens is 182 g/mol. The van der Waals surface area contributed by atoms with Crippen LogP contribution in [0.25, 0.3) is 10.9 Å². The van der Waals surface area contributed by atoms with E-state index in [1.165, 1.54) is 16.5 Å². The number of fused-ring (bicyclic) bond motifs is 1. The van der Waals surface area contributed by atoms with Crippen LogP contribution in [0, 0.1) is 20.8 Å². The van der Waals surface area contributed by atoms with Gasteiger partial charge in [-0.05, 0) is 44.5 Å². The van der Waals surface area contributed by atoms with Crippen LogP contribution in [0.4, 0.5) is 0 Å². The minimum absolute atomic E-state index is 1.09. The molecular formula is C14H19N. The molecule has 0 bridgehead atoms. The summed E-state index contributed by atoms with van der Waals surface area (Å²) < 4.78 is 0. The van der Waals surface area contributed by atoms with E-state index < -0.39 is 0 Å². The molecule has 2 rings (SSSR count). The molecule has 0 spiro atoms. The number of aryl methyl sites for hydroxylation is 3. The van der Waals surface area contributed by atoms with Crippen LogP contribution >= 0.6 is 0 Å². The fourth-order valence-electron chi connectivity index (χ4n) is 1.50. The molecule has 1 aromatic heterocycles. The van der Waals surface area contributed by atoms with Gasteiger partial charge in [-0.2, -0.15) is 0 Å². The van der Waals surface area contributed by atoms with Gasteiger partial charge in [-0.15, -0.1) is 0 Å². The zero-order valence-electron chi connectivity index (χ0n) is 10.3. The van der Waals surface area contributed by atoms with Crippen LogP contribution in [0.5, 0.6) is 0 Å². The predicted octanol–water partition coefficient (Wildman–Crippen LogP) is 4.19. The summed E-state index contributed by atoms with van der Waals surface area (Å²) in [5.41, 5.74) is 4.76. The Morgan fingerprint density at radius 2 is 1.60 bits per heavy atom. The summed E-state index contributed by atoms with van der Waals surface area (Å²) in [5.74, 6) is 0. The van der Waals surface area contributed by atoms with Gasteiger partial charge in [-0.25, -0.2) is 0 Å². The van der Waals surface area contributed by atoms with Crippen molar-refractivity contribution in [3.63, 3.8) is 0 Å². The van der Waals surface area contributed by atoms with Crippen LogP contribution in [0.15, 0.2) is 24.3 Å². The first-order chi connectivity index (χ1) is 7.16. The molecule has 0 unspecified atom stereocenters. The fourth-order valence-corrected chi connectivity index (χ4v) is 1.50. The Balaban J connectivity index is 0.000000531. The van der Waals surface area contributed by atoms with Crippen molar-refractivity contribution >= 4 is 10.9 Å². The van der Waals surface area contributed by atoms with E-state index in [4.69, 9.17) is 0 Å². The molecule has 1 heterocycles. The minimum atomic E-state index is 1.09. The lowest BCUT2D eigenvalue weighted by atomic mass is 10.1. The minimum Gasteiger partial charge on any atom is -0.253 e. The van der Waals surface area contributed by atoms with Gasteiger partial charge in [0.1, 0.15) is 0 Å². The molecule has 0 fully saturated rings. The zero-order valence-corrected chi connectivity index (χ0v) is 10.3. The maximum absolute atomic E-state index is 4.52. The van der Waals surface area contributed by atoms with Crippen molar-refractivity contribution in [2.75, 3.05) is 0 Å². The van der Waals surface area contributed by atoms with E-state index in [1.807, 2.05) is 13.8 Å². The summed E-state index contributed by atoms with van der Waals surface area (Å²) >= 11 is 0. The smallest absolute Gasteiger partial charge is 0.0705 e. The quantitative estimate of drug-likeness (QED) is 0.623. The molecule has 0 amide bonds. The van der Waals surface area contributed by atoms with Gasteiger partial charge >= 0.3 is 0 Å². The van der Waals surface area contributed by atoms with Gasteiger partial charge in [0.15, 0.2) is 0 Å². The van der Waals surface area contributed by atoms with Crippen LogP contribution in [-0.2, 0) is 0 Å². The van der Waals surface area contributed by atoms with Crippen LogP contribution in [0.3, 0.4) is 0 Å². The topological polar surface area (TPSA) is 12.9 Å². The lowest BCUT2D eigenvalue weighted by Gasteiger charge is -2.03. The highest BCUT2D eigenvalue weighted by Gasteiger charge is 1.98. The number of benzene rings is 1. The summed E-state index contributed by atoms with van der Waals surface area (Å²) in [6.07, 6.45) is 0. The summed E-state index contributed by atoms with van der Waals surface area (Å²) in [6, 6.07) is 8.56. The predicted molar refractivity (Wildman–Crippen MR) is 67.3 cm³/mol. The van der Waals surface area contributed by atoms with Gasteiger partial charge in [-0.1, -0.05) is 25.5 Å². The van der Waals surface area contributed by atoms with Gasteiger partial charge < -0.3 is 0 Å². The molecule has 0 saturated heterocycles. The first-order valence-electron chi connectivity index (χ1n) is 5.51. The second-order valence-electron chi connectivity index (χ2n) is 3.59. The molecule has 0 atom stereocenters. The van der Waals surface area contributed by atoms with E-state index in [0.717, 1.165) is 11.2 Å². The highest BCUT2D eigenvalue weighted by Crippen LogP contribution is 2.16. The Morgan fingerprint density at radius 1 is 0.933 bits per heavy atom. The summed E-state index contributed by atoms with van der Waals surface area (Å²) in [4.78, 5) is 4.52. The largest absolute Gasteiger partial charge is 0.253 e. The average Bonchev–Trinajstić information content (AvgIpc) is 2.23. The highest BCUT2D eigenvalue weighted by molar-refractivity contribution is 5.80. The zero-order chi connectivity index (χ0) is 11.4. The molecule has 15 heavy (non-hydrogen) atoms. The monoisotopic (exact) mass is 201 g/mol. The number of hydrogen-bond acceptors (Lipinski definition) is 1. The van der Waals surface area contributed by atoms with E-state index >= 15 is 0 Å². The first kappa shape index (κ1) is 11.7. The van der Waals surface area contributed by atoms with Crippen molar-refractivity contribution < 1.29 is 0 Å². The van der Waals surface area contributed by atoms with Gasteiger partial charge in [0.05, 0.1) is 5.52 Å². The van der Waals surface area contributed by atoms with Crippen molar-refractivity contribution in [3.05, 3.63) is 41.1 Å². The standard InChI is InChI=1S/C12H13N.C2H6/c1-8-4-5-12-11(6-8)7-9(2)10(3)13-12;1-2/h4-7H,1-3H3;1-2H3. The summed E-state index contributed by atoms with van der Waals surface area (Å²) in [7, 11) is 0. The van der Waals surface area contributed by atoms with Gasteiger partial charge in [0.2, 0.25) is 0 Å². The van der Waals surface area contributed by atoms with Crippen LogP contribution < -0.4 is 0 Å². The Bertz CT molecular complexity index is 458. The van der Waals surface area contributed by atoms with Gasteiger partial charge in [-0.3, -0.25) is 4.98 Å². The molecule has 1 heteroatoms. The lowest BCUT2D eigenvalue weighted by Crippen LogP contribution is -1.88.